The number of allylic oxidation sites excluding steroid dienone is 9. The quantitative estimate of drug-likeness (QED) is 0.0320. The SMILES string of the molecule is CCCCCC/C=C\C/C=C\CCCCCCCCCC(=O)OCCCCCCCCCCCCCCCCC/C=C\C/C=C\CCCCCCCCCCCCCCCCCCCC(=O)NC(CO)C(O)/C=C/CCCCCCCCCC. The van der Waals surface area contributed by atoms with E-state index in [4.69, 9.17) is 4.74 Å². The number of nitrogens with one attached hydrogen (secondary N) is 1. The van der Waals surface area contributed by atoms with Crippen LogP contribution in [0.1, 0.15) is 399 Å². The Morgan fingerprint density at radius 3 is 0.917 bits per heavy atom. The number of carbonyl (C=O) groups is 2. The van der Waals surface area contributed by atoms with Crippen molar-refractivity contribution in [1.29, 1.82) is 0 Å². The zero-order chi connectivity index (χ0) is 60.6. The van der Waals surface area contributed by atoms with E-state index in [0.717, 1.165) is 57.8 Å². The lowest BCUT2D eigenvalue weighted by molar-refractivity contribution is -0.143. The molecule has 0 rings (SSSR count). The van der Waals surface area contributed by atoms with Gasteiger partial charge < -0.3 is 20.3 Å². The highest BCUT2D eigenvalue weighted by molar-refractivity contribution is 5.76. The number of rotatable bonds is 70. The van der Waals surface area contributed by atoms with Crippen molar-refractivity contribution in [1.82, 2.24) is 5.32 Å². The van der Waals surface area contributed by atoms with Gasteiger partial charge in [-0.3, -0.25) is 9.59 Å². The molecule has 2 unspecified atom stereocenters. The highest BCUT2D eigenvalue weighted by Gasteiger charge is 2.18. The summed E-state index contributed by atoms with van der Waals surface area (Å²) < 4.78 is 5.51. The third kappa shape index (κ3) is 68.7. The predicted molar refractivity (Wildman–Crippen MR) is 370 cm³/mol. The smallest absolute Gasteiger partial charge is 0.305 e. The number of ether oxygens (including phenoxy) is 1. The van der Waals surface area contributed by atoms with Gasteiger partial charge in [0, 0.05) is 12.8 Å². The van der Waals surface area contributed by atoms with Crippen molar-refractivity contribution in [2.24, 2.45) is 0 Å². The third-order valence-corrected chi connectivity index (χ3v) is 17.3. The normalized spacial score (nSPS) is 12.9. The molecule has 2 atom stereocenters. The van der Waals surface area contributed by atoms with E-state index in [1.165, 1.54) is 315 Å². The summed E-state index contributed by atoms with van der Waals surface area (Å²) in [7, 11) is 0. The highest BCUT2D eigenvalue weighted by Crippen LogP contribution is 2.18. The zero-order valence-corrected chi connectivity index (χ0v) is 56.4. The maximum atomic E-state index is 12.4. The summed E-state index contributed by atoms with van der Waals surface area (Å²) in [6.45, 7) is 4.89. The molecule has 0 aromatic heterocycles. The summed E-state index contributed by atoms with van der Waals surface area (Å²) in [5.74, 6) is -0.0532. The van der Waals surface area contributed by atoms with Gasteiger partial charge in [-0.15, -0.1) is 0 Å². The molecule has 0 aromatic carbocycles. The van der Waals surface area contributed by atoms with Gasteiger partial charge in [0.1, 0.15) is 0 Å². The van der Waals surface area contributed by atoms with E-state index in [2.05, 4.69) is 67.8 Å². The molecular weight excluding hydrogens is 1030 g/mol. The first kappa shape index (κ1) is 81.6. The van der Waals surface area contributed by atoms with Crippen LogP contribution in [0, 0.1) is 0 Å². The average Bonchev–Trinajstić information content (AvgIpc) is 3.51. The minimum atomic E-state index is -0.841. The lowest BCUT2D eigenvalue weighted by atomic mass is 10.0. The van der Waals surface area contributed by atoms with Crippen LogP contribution in [-0.4, -0.2) is 47.4 Å². The number of unbranched alkanes of at least 4 members (excludes halogenated alkanes) is 51. The summed E-state index contributed by atoms with van der Waals surface area (Å²) >= 11 is 0. The van der Waals surface area contributed by atoms with Crippen LogP contribution in [0.3, 0.4) is 0 Å². The molecule has 3 N–H and O–H groups in total. The first-order valence-corrected chi connectivity index (χ1v) is 37.6. The Kier molecular flexibility index (Phi) is 70.9. The van der Waals surface area contributed by atoms with Gasteiger partial charge in [0.15, 0.2) is 0 Å². The van der Waals surface area contributed by atoms with Gasteiger partial charge in [-0.25, -0.2) is 0 Å². The van der Waals surface area contributed by atoms with E-state index in [1.807, 2.05) is 6.08 Å². The van der Waals surface area contributed by atoms with Crippen molar-refractivity contribution >= 4 is 11.9 Å². The van der Waals surface area contributed by atoms with Crippen molar-refractivity contribution in [3.05, 3.63) is 60.8 Å². The van der Waals surface area contributed by atoms with Crippen LogP contribution in [0.5, 0.6) is 0 Å². The molecule has 492 valence electrons. The molecule has 0 spiro atoms. The Morgan fingerprint density at radius 2 is 0.595 bits per heavy atom. The number of hydrogen-bond donors (Lipinski definition) is 3. The molecule has 0 aromatic rings. The van der Waals surface area contributed by atoms with E-state index in [0.29, 0.717) is 19.4 Å². The molecule has 1 amide bonds. The van der Waals surface area contributed by atoms with Gasteiger partial charge in [-0.05, 0) is 96.3 Å². The van der Waals surface area contributed by atoms with Crippen molar-refractivity contribution in [2.45, 2.75) is 411 Å². The van der Waals surface area contributed by atoms with Gasteiger partial charge >= 0.3 is 5.97 Å². The zero-order valence-electron chi connectivity index (χ0n) is 56.4. The number of hydrogen-bond acceptors (Lipinski definition) is 5. The molecule has 0 aliphatic rings. The molecule has 0 aliphatic heterocycles. The molecule has 6 heteroatoms. The van der Waals surface area contributed by atoms with E-state index in [1.54, 1.807) is 6.08 Å². The standard InChI is InChI=1S/C78H145NO5/c1-3-5-7-9-11-13-15-16-17-18-43-46-49-52-56-60-64-68-72-78(83)84-73-69-65-61-57-53-50-47-44-41-39-37-35-33-31-29-27-25-23-21-19-20-22-24-26-28-30-32-34-36-38-40-42-45-48-51-55-59-63-67-71-77(82)79-75(74-80)76(81)70-66-62-58-54-14-12-10-8-6-4-2/h13,15,17-20,23,25,66,70,75-76,80-81H,3-12,14,16,21-22,24,26-65,67-69,71-74H2,1-2H3,(H,79,82)/b15-13-,18-17-,20-19-,25-23-,70-66+. The van der Waals surface area contributed by atoms with E-state index >= 15 is 0 Å². The number of amides is 1. The fraction of sp³-hybridized carbons (Fsp3) is 0.846. The van der Waals surface area contributed by atoms with Crippen LogP contribution in [0.4, 0.5) is 0 Å². The maximum absolute atomic E-state index is 12.4. The Hall–Kier alpha value is -2.44. The number of aliphatic hydroxyl groups is 2. The lowest BCUT2D eigenvalue weighted by Crippen LogP contribution is -2.45. The number of aliphatic hydroxyl groups excluding tert-OH is 2. The van der Waals surface area contributed by atoms with Crippen molar-refractivity contribution < 1.29 is 24.5 Å². The average molecular weight is 1180 g/mol. The summed E-state index contributed by atoms with van der Waals surface area (Å²) in [6, 6.07) is -0.624. The van der Waals surface area contributed by atoms with Crippen LogP contribution in [-0.2, 0) is 14.3 Å². The Morgan fingerprint density at radius 1 is 0.333 bits per heavy atom. The molecule has 0 radical (unpaired) electrons. The van der Waals surface area contributed by atoms with Crippen molar-refractivity contribution in [2.75, 3.05) is 13.2 Å². The second kappa shape index (κ2) is 73.0. The third-order valence-electron chi connectivity index (χ3n) is 17.3. The van der Waals surface area contributed by atoms with E-state index in [9.17, 15) is 19.8 Å². The molecule has 0 bridgehead atoms. The topological polar surface area (TPSA) is 95.9 Å². The highest BCUT2D eigenvalue weighted by atomic mass is 16.5. The molecule has 0 saturated heterocycles. The first-order chi connectivity index (χ1) is 41.5. The van der Waals surface area contributed by atoms with Crippen LogP contribution < -0.4 is 5.32 Å². The molecule has 0 heterocycles. The Labute approximate surface area is 524 Å². The predicted octanol–water partition coefficient (Wildman–Crippen LogP) is 24.6. The van der Waals surface area contributed by atoms with Gasteiger partial charge in [0.2, 0.25) is 5.91 Å². The van der Waals surface area contributed by atoms with Crippen LogP contribution in [0.25, 0.3) is 0 Å². The minimum absolute atomic E-state index is 0.0127. The van der Waals surface area contributed by atoms with Crippen molar-refractivity contribution in [3.8, 4) is 0 Å². The van der Waals surface area contributed by atoms with E-state index < -0.39 is 12.1 Å². The molecule has 6 nitrogen and oxygen atoms in total. The number of esters is 1. The summed E-state index contributed by atoms with van der Waals surface area (Å²) in [6.07, 6.45) is 97.7. The fourth-order valence-electron chi connectivity index (χ4n) is 11.5. The minimum Gasteiger partial charge on any atom is -0.466 e. The fourth-order valence-corrected chi connectivity index (χ4v) is 11.5. The first-order valence-electron chi connectivity index (χ1n) is 37.6. The van der Waals surface area contributed by atoms with Gasteiger partial charge in [0.05, 0.1) is 25.4 Å². The van der Waals surface area contributed by atoms with Gasteiger partial charge in [0.25, 0.3) is 0 Å². The molecule has 0 saturated carbocycles. The van der Waals surface area contributed by atoms with Crippen molar-refractivity contribution in [3.63, 3.8) is 0 Å². The second-order valence-corrected chi connectivity index (χ2v) is 25.6. The molecule has 84 heavy (non-hydrogen) atoms. The Bertz CT molecular complexity index is 1450. The second-order valence-electron chi connectivity index (χ2n) is 25.6. The van der Waals surface area contributed by atoms with Crippen LogP contribution in [0.15, 0.2) is 60.8 Å². The largest absolute Gasteiger partial charge is 0.466 e. The molecule has 0 fully saturated rings. The Balaban J connectivity index is 3.34. The monoisotopic (exact) mass is 1180 g/mol. The van der Waals surface area contributed by atoms with Gasteiger partial charge in [-0.2, -0.15) is 0 Å². The van der Waals surface area contributed by atoms with Gasteiger partial charge in [-0.1, -0.05) is 351 Å². The molecular formula is C78H145NO5. The molecule has 0 aliphatic carbocycles. The lowest BCUT2D eigenvalue weighted by Gasteiger charge is -2.20. The summed E-state index contributed by atoms with van der Waals surface area (Å²) in [4.78, 5) is 24.5. The summed E-state index contributed by atoms with van der Waals surface area (Å²) in [5.41, 5.74) is 0. The van der Waals surface area contributed by atoms with Crippen LogP contribution >= 0.6 is 0 Å². The number of carbonyl (C=O) groups excluding carboxylic acids is 2. The van der Waals surface area contributed by atoms with E-state index in [-0.39, 0.29) is 18.5 Å². The summed E-state index contributed by atoms with van der Waals surface area (Å²) in [5, 5.41) is 23.0. The van der Waals surface area contributed by atoms with Crippen LogP contribution in [0.2, 0.25) is 0 Å². The maximum Gasteiger partial charge on any atom is 0.305 e.